The minimum absolute atomic E-state index is 0.0583. The van der Waals surface area contributed by atoms with Gasteiger partial charge in [0.1, 0.15) is 5.82 Å². The molecule has 0 saturated carbocycles. The van der Waals surface area contributed by atoms with Crippen LogP contribution in [0.4, 0.5) is 14.6 Å². The van der Waals surface area contributed by atoms with Crippen molar-refractivity contribution < 1.29 is 13.6 Å². The average Bonchev–Trinajstić information content (AvgIpc) is 2.99. The van der Waals surface area contributed by atoms with Crippen LogP contribution < -0.4 is 10.6 Å². The molecule has 1 aromatic carbocycles. The Bertz CT molecular complexity index is 955. The lowest BCUT2D eigenvalue weighted by atomic mass is 10.2. The Morgan fingerprint density at radius 3 is 2.48 bits per heavy atom. The number of rotatable bonds is 6. The molecule has 2 aromatic heterocycles. The van der Waals surface area contributed by atoms with Gasteiger partial charge >= 0.3 is 0 Å². The lowest BCUT2D eigenvalue weighted by molar-refractivity contribution is 0.0954. The molecule has 140 valence electrons. The predicted molar refractivity (Wildman–Crippen MR) is 95.8 cm³/mol. The fourth-order valence-corrected chi connectivity index (χ4v) is 2.50. The second-order valence-corrected chi connectivity index (χ2v) is 5.93. The fraction of sp³-hybridized carbons (Fsp3) is 0.222. The number of amides is 1. The van der Waals surface area contributed by atoms with E-state index >= 15 is 0 Å². The molecule has 0 fully saturated rings. The summed E-state index contributed by atoms with van der Waals surface area (Å²) in [5.74, 6) is -1.38. The van der Waals surface area contributed by atoms with Crippen molar-refractivity contribution in [1.82, 2.24) is 25.3 Å². The lowest BCUT2D eigenvalue weighted by Gasteiger charge is -2.08. The Kier molecular flexibility index (Phi) is 5.39. The van der Waals surface area contributed by atoms with E-state index < -0.39 is 17.5 Å². The van der Waals surface area contributed by atoms with E-state index in [0.29, 0.717) is 18.2 Å². The highest BCUT2D eigenvalue weighted by Crippen LogP contribution is 2.11. The standard InChI is InChI=1S/C18H18F2N6O/c1-11-9-12(2)26(25-11)17-6-5-16(23-24-17)21-7-8-22-18(27)13-3-4-14(19)15(20)10-13/h3-6,9-10H,7-8H2,1-2H3,(H,21,23)(H,22,27). The summed E-state index contributed by atoms with van der Waals surface area (Å²) in [4.78, 5) is 11.9. The highest BCUT2D eigenvalue weighted by molar-refractivity contribution is 5.94. The van der Waals surface area contributed by atoms with Gasteiger partial charge in [-0.25, -0.2) is 13.5 Å². The molecule has 0 saturated heterocycles. The molecule has 0 aliphatic heterocycles. The monoisotopic (exact) mass is 372 g/mol. The van der Waals surface area contributed by atoms with Crippen LogP contribution in [0.25, 0.3) is 5.82 Å². The zero-order valence-corrected chi connectivity index (χ0v) is 14.8. The van der Waals surface area contributed by atoms with Crippen LogP contribution in [0.1, 0.15) is 21.7 Å². The third kappa shape index (κ3) is 4.43. The van der Waals surface area contributed by atoms with Gasteiger partial charge in [0.05, 0.1) is 5.69 Å². The number of hydrogen-bond donors (Lipinski definition) is 2. The number of halogens is 2. The first kappa shape index (κ1) is 18.4. The van der Waals surface area contributed by atoms with E-state index in [9.17, 15) is 13.6 Å². The SMILES string of the molecule is Cc1cc(C)n(-c2ccc(NCCNC(=O)c3ccc(F)c(F)c3)nn2)n1. The molecular weight excluding hydrogens is 354 g/mol. The molecule has 7 nitrogen and oxygen atoms in total. The largest absolute Gasteiger partial charge is 0.367 e. The van der Waals surface area contributed by atoms with Crippen molar-refractivity contribution in [1.29, 1.82) is 0 Å². The lowest BCUT2D eigenvalue weighted by Crippen LogP contribution is -2.29. The molecule has 0 radical (unpaired) electrons. The molecule has 0 atom stereocenters. The van der Waals surface area contributed by atoms with Crippen molar-refractivity contribution in [3.63, 3.8) is 0 Å². The number of aromatic nitrogens is 4. The predicted octanol–water partition coefficient (Wildman–Crippen LogP) is 2.40. The van der Waals surface area contributed by atoms with E-state index in [-0.39, 0.29) is 12.1 Å². The number of nitrogens with zero attached hydrogens (tertiary/aromatic N) is 4. The highest BCUT2D eigenvalue weighted by Gasteiger charge is 2.09. The molecule has 3 aromatic rings. The Hall–Kier alpha value is -3.36. The van der Waals surface area contributed by atoms with Crippen molar-refractivity contribution in [2.24, 2.45) is 0 Å². The molecule has 2 N–H and O–H groups in total. The van der Waals surface area contributed by atoms with Gasteiger partial charge in [-0.2, -0.15) is 5.10 Å². The van der Waals surface area contributed by atoms with Crippen LogP contribution in [0.15, 0.2) is 36.4 Å². The van der Waals surface area contributed by atoms with Crippen molar-refractivity contribution in [2.45, 2.75) is 13.8 Å². The summed E-state index contributed by atoms with van der Waals surface area (Å²) in [6.45, 7) is 4.51. The molecule has 27 heavy (non-hydrogen) atoms. The number of benzene rings is 1. The summed E-state index contributed by atoms with van der Waals surface area (Å²) in [6.07, 6.45) is 0. The molecule has 3 rings (SSSR count). The third-order valence-electron chi connectivity index (χ3n) is 3.78. The summed E-state index contributed by atoms with van der Waals surface area (Å²) in [7, 11) is 0. The van der Waals surface area contributed by atoms with E-state index in [0.717, 1.165) is 23.5 Å². The zero-order chi connectivity index (χ0) is 19.4. The first-order chi connectivity index (χ1) is 12.9. The number of nitrogens with one attached hydrogen (secondary N) is 2. The van der Waals surface area contributed by atoms with Crippen LogP contribution in [0.5, 0.6) is 0 Å². The second-order valence-electron chi connectivity index (χ2n) is 5.93. The molecule has 0 bridgehead atoms. The summed E-state index contributed by atoms with van der Waals surface area (Å²) in [5.41, 5.74) is 1.92. The first-order valence-corrected chi connectivity index (χ1v) is 8.28. The van der Waals surface area contributed by atoms with Crippen LogP contribution >= 0.6 is 0 Å². The molecule has 2 heterocycles. The fourth-order valence-electron chi connectivity index (χ4n) is 2.50. The van der Waals surface area contributed by atoms with Gasteiger partial charge in [0.15, 0.2) is 17.5 Å². The average molecular weight is 372 g/mol. The molecule has 0 unspecified atom stereocenters. The van der Waals surface area contributed by atoms with Crippen LogP contribution in [-0.4, -0.2) is 39.0 Å². The Balaban J connectivity index is 1.50. The topological polar surface area (TPSA) is 84.7 Å². The summed E-state index contributed by atoms with van der Waals surface area (Å²) < 4.78 is 27.7. The van der Waals surface area contributed by atoms with Gasteiger partial charge in [-0.05, 0) is 50.2 Å². The Labute approximate surface area is 154 Å². The number of anilines is 1. The first-order valence-electron chi connectivity index (χ1n) is 8.28. The number of carbonyl (C=O) groups excluding carboxylic acids is 1. The molecule has 0 aliphatic rings. The second kappa shape index (κ2) is 7.90. The van der Waals surface area contributed by atoms with E-state index in [4.69, 9.17) is 0 Å². The number of hydrogen-bond acceptors (Lipinski definition) is 5. The van der Waals surface area contributed by atoms with E-state index in [1.807, 2.05) is 19.9 Å². The van der Waals surface area contributed by atoms with Crippen LogP contribution in [0.2, 0.25) is 0 Å². The number of carbonyl (C=O) groups is 1. The minimum Gasteiger partial charge on any atom is -0.367 e. The third-order valence-corrected chi connectivity index (χ3v) is 3.78. The smallest absolute Gasteiger partial charge is 0.251 e. The molecule has 0 aliphatic carbocycles. The molecule has 1 amide bonds. The quantitative estimate of drug-likeness (QED) is 0.649. The van der Waals surface area contributed by atoms with Gasteiger partial charge in [-0.3, -0.25) is 4.79 Å². The Morgan fingerprint density at radius 1 is 1.04 bits per heavy atom. The van der Waals surface area contributed by atoms with Crippen LogP contribution in [0.3, 0.4) is 0 Å². The molecule has 9 heteroatoms. The van der Waals surface area contributed by atoms with Crippen molar-refractivity contribution in [2.75, 3.05) is 18.4 Å². The van der Waals surface area contributed by atoms with Crippen LogP contribution in [-0.2, 0) is 0 Å². The highest BCUT2D eigenvalue weighted by atomic mass is 19.2. The molecular formula is C18H18F2N6O. The molecule has 0 spiro atoms. The Morgan fingerprint density at radius 2 is 1.85 bits per heavy atom. The van der Waals surface area contributed by atoms with E-state index in [2.05, 4.69) is 25.9 Å². The van der Waals surface area contributed by atoms with Gasteiger partial charge < -0.3 is 10.6 Å². The maximum atomic E-state index is 13.1. The van der Waals surface area contributed by atoms with Crippen molar-refractivity contribution in [3.8, 4) is 5.82 Å². The van der Waals surface area contributed by atoms with E-state index in [1.54, 1.807) is 16.8 Å². The van der Waals surface area contributed by atoms with Gasteiger partial charge in [-0.15, -0.1) is 10.2 Å². The summed E-state index contributed by atoms with van der Waals surface area (Å²) >= 11 is 0. The normalized spacial score (nSPS) is 10.7. The van der Waals surface area contributed by atoms with Crippen molar-refractivity contribution in [3.05, 3.63) is 65.0 Å². The van der Waals surface area contributed by atoms with Crippen molar-refractivity contribution >= 4 is 11.7 Å². The summed E-state index contributed by atoms with van der Waals surface area (Å²) in [6, 6.07) is 8.50. The van der Waals surface area contributed by atoms with Gasteiger partial charge in [0.2, 0.25) is 0 Å². The minimum atomic E-state index is -1.06. The number of aryl methyl sites for hydroxylation is 2. The van der Waals surface area contributed by atoms with Gasteiger partial charge in [-0.1, -0.05) is 0 Å². The van der Waals surface area contributed by atoms with E-state index in [1.165, 1.54) is 6.07 Å². The van der Waals surface area contributed by atoms with Crippen LogP contribution in [0, 0.1) is 25.5 Å². The van der Waals surface area contributed by atoms with Gasteiger partial charge in [0.25, 0.3) is 5.91 Å². The maximum Gasteiger partial charge on any atom is 0.251 e. The summed E-state index contributed by atoms with van der Waals surface area (Å²) in [5, 5.41) is 18.2. The maximum absolute atomic E-state index is 13.1. The van der Waals surface area contributed by atoms with Gasteiger partial charge in [0, 0.05) is 24.3 Å². The zero-order valence-electron chi connectivity index (χ0n) is 14.8.